The first-order chi connectivity index (χ1) is 8.83. The summed E-state index contributed by atoms with van der Waals surface area (Å²) in [4.78, 5) is 0. The third-order valence-corrected chi connectivity index (χ3v) is 3.12. The van der Waals surface area contributed by atoms with Crippen molar-refractivity contribution in [3.8, 4) is 11.5 Å². The summed E-state index contributed by atoms with van der Waals surface area (Å²) in [5.74, 6) is 1.58. The summed E-state index contributed by atoms with van der Waals surface area (Å²) in [6, 6.07) is 16.1. The second-order valence-electron chi connectivity index (χ2n) is 4.41. The maximum Gasteiger partial charge on any atom is 0.231 e. The normalized spacial score (nSPS) is 14.5. The highest BCUT2D eigenvalue weighted by molar-refractivity contribution is 5.45. The van der Waals surface area contributed by atoms with Crippen molar-refractivity contribution in [1.29, 1.82) is 0 Å². The molecule has 92 valence electrons. The Bertz CT molecular complexity index is 539. The SMILES string of the molecule is N[C@H](Cc1ccccc1)c1ccc2c(c1)OCO2. The average Bonchev–Trinajstić information content (AvgIpc) is 2.87. The molecular weight excluding hydrogens is 226 g/mol. The lowest BCUT2D eigenvalue weighted by Gasteiger charge is -2.12. The van der Waals surface area contributed by atoms with Crippen molar-refractivity contribution in [2.24, 2.45) is 5.73 Å². The van der Waals surface area contributed by atoms with E-state index in [1.807, 2.05) is 36.4 Å². The Morgan fingerprint density at radius 1 is 1.00 bits per heavy atom. The molecule has 18 heavy (non-hydrogen) atoms. The van der Waals surface area contributed by atoms with Crippen LogP contribution in [0.5, 0.6) is 11.5 Å². The van der Waals surface area contributed by atoms with E-state index >= 15 is 0 Å². The zero-order valence-corrected chi connectivity index (χ0v) is 10.0. The fourth-order valence-electron chi connectivity index (χ4n) is 2.13. The van der Waals surface area contributed by atoms with E-state index in [1.54, 1.807) is 0 Å². The van der Waals surface area contributed by atoms with Crippen molar-refractivity contribution in [2.45, 2.75) is 12.5 Å². The lowest BCUT2D eigenvalue weighted by Crippen LogP contribution is -2.13. The molecule has 3 nitrogen and oxygen atoms in total. The van der Waals surface area contributed by atoms with Crippen LogP contribution in [0, 0.1) is 0 Å². The minimum absolute atomic E-state index is 0.0260. The van der Waals surface area contributed by atoms with Crippen LogP contribution < -0.4 is 15.2 Å². The Kier molecular flexibility index (Phi) is 2.90. The van der Waals surface area contributed by atoms with Gasteiger partial charge >= 0.3 is 0 Å². The van der Waals surface area contributed by atoms with Gasteiger partial charge in [0.1, 0.15) is 0 Å². The molecule has 2 aromatic carbocycles. The van der Waals surface area contributed by atoms with Gasteiger partial charge in [0.25, 0.3) is 0 Å². The molecule has 1 aliphatic rings. The van der Waals surface area contributed by atoms with Crippen LogP contribution in [0.3, 0.4) is 0 Å². The Hall–Kier alpha value is -2.00. The van der Waals surface area contributed by atoms with E-state index in [0.29, 0.717) is 6.79 Å². The Morgan fingerprint density at radius 3 is 2.61 bits per heavy atom. The van der Waals surface area contributed by atoms with Crippen molar-refractivity contribution >= 4 is 0 Å². The first-order valence-electron chi connectivity index (χ1n) is 6.02. The molecule has 0 saturated carbocycles. The second kappa shape index (κ2) is 4.70. The van der Waals surface area contributed by atoms with Gasteiger partial charge in [-0.2, -0.15) is 0 Å². The fraction of sp³-hybridized carbons (Fsp3) is 0.200. The van der Waals surface area contributed by atoms with Gasteiger partial charge < -0.3 is 15.2 Å². The summed E-state index contributed by atoms with van der Waals surface area (Å²) in [6.07, 6.45) is 0.820. The molecule has 0 unspecified atom stereocenters. The van der Waals surface area contributed by atoms with E-state index in [-0.39, 0.29) is 6.04 Å². The molecule has 2 N–H and O–H groups in total. The molecule has 2 aromatic rings. The molecule has 3 heteroatoms. The quantitative estimate of drug-likeness (QED) is 0.898. The van der Waals surface area contributed by atoms with Crippen LogP contribution in [0.15, 0.2) is 48.5 Å². The van der Waals surface area contributed by atoms with E-state index in [4.69, 9.17) is 15.2 Å². The molecule has 0 saturated heterocycles. The molecule has 0 amide bonds. The van der Waals surface area contributed by atoms with E-state index in [9.17, 15) is 0 Å². The van der Waals surface area contributed by atoms with Gasteiger partial charge in [-0.3, -0.25) is 0 Å². The number of rotatable bonds is 3. The number of hydrogen-bond donors (Lipinski definition) is 1. The Balaban J connectivity index is 1.78. The van der Waals surface area contributed by atoms with Crippen LogP contribution >= 0.6 is 0 Å². The summed E-state index contributed by atoms with van der Waals surface area (Å²) >= 11 is 0. The van der Waals surface area contributed by atoms with Gasteiger partial charge in [0.05, 0.1) is 0 Å². The summed E-state index contributed by atoms with van der Waals surface area (Å²) in [7, 11) is 0. The predicted octanol–water partition coefficient (Wildman–Crippen LogP) is 2.66. The zero-order valence-electron chi connectivity index (χ0n) is 10.0. The molecular formula is C15H15NO2. The molecule has 1 aliphatic heterocycles. The fourth-order valence-corrected chi connectivity index (χ4v) is 2.13. The maximum absolute atomic E-state index is 6.22. The lowest BCUT2D eigenvalue weighted by molar-refractivity contribution is 0.174. The van der Waals surface area contributed by atoms with Gasteiger partial charge in [-0.15, -0.1) is 0 Å². The molecule has 1 atom stereocenters. The van der Waals surface area contributed by atoms with Crippen molar-refractivity contribution in [1.82, 2.24) is 0 Å². The van der Waals surface area contributed by atoms with Crippen LogP contribution in [0.1, 0.15) is 17.2 Å². The number of benzene rings is 2. The third-order valence-electron chi connectivity index (χ3n) is 3.12. The highest BCUT2D eigenvalue weighted by Crippen LogP contribution is 2.34. The first kappa shape index (κ1) is 11.1. The van der Waals surface area contributed by atoms with Crippen LogP contribution in [0.25, 0.3) is 0 Å². The summed E-state index contributed by atoms with van der Waals surface area (Å²) in [6.45, 7) is 0.298. The van der Waals surface area contributed by atoms with E-state index in [0.717, 1.165) is 23.5 Å². The van der Waals surface area contributed by atoms with Gasteiger partial charge in [0.2, 0.25) is 6.79 Å². The molecule has 0 aromatic heterocycles. The van der Waals surface area contributed by atoms with Crippen LogP contribution in [-0.4, -0.2) is 6.79 Å². The molecule has 3 rings (SSSR count). The van der Waals surface area contributed by atoms with Gasteiger partial charge in [-0.25, -0.2) is 0 Å². The predicted molar refractivity (Wildman–Crippen MR) is 69.6 cm³/mol. The summed E-state index contributed by atoms with van der Waals surface area (Å²) in [5, 5.41) is 0. The second-order valence-corrected chi connectivity index (χ2v) is 4.41. The smallest absolute Gasteiger partial charge is 0.231 e. The average molecular weight is 241 g/mol. The van der Waals surface area contributed by atoms with Gasteiger partial charge in [0, 0.05) is 6.04 Å². The van der Waals surface area contributed by atoms with Crippen LogP contribution in [-0.2, 0) is 6.42 Å². The topological polar surface area (TPSA) is 44.5 Å². The van der Waals surface area contributed by atoms with Crippen molar-refractivity contribution in [3.63, 3.8) is 0 Å². The molecule has 0 bridgehead atoms. The van der Waals surface area contributed by atoms with Crippen molar-refractivity contribution in [2.75, 3.05) is 6.79 Å². The lowest BCUT2D eigenvalue weighted by atomic mass is 9.99. The van der Waals surface area contributed by atoms with Gasteiger partial charge in [-0.1, -0.05) is 36.4 Å². The number of fused-ring (bicyclic) bond motifs is 1. The van der Waals surface area contributed by atoms with Crippen LogP contribution in [0.2, 0.25) is 0 Å². The molecule has 0 radical (unpaired) electrons. The number of ether oxygens (including phenoxy) is 2. The van der Waals surface area contributed by atoms with Crippen molar-refractivity contribution in [3.05, 3.63) is 59.7 Å². The monoisotopic (exact) mass is 241 g/mol. The first-order valence-corrected chi connectivity index (χ1v) is 6.02. The molecule has 0 aliphatic carbocycles. The van der Waals surface area contributed by atoms with Crippen LogP contribution in [0.4, 0.5) is 0 Å². The van der Waals surface area contributed by atoms with Gasteiger partial charge in [0.15, 0.2) is 11.5 Å². The van der Waals surface area contributed by atoms with Crippen molar-refractivity contribution < 1.29 is 9.47 Å². The summed E-state index contributed by atoms with van der Waals surface area (Å²) < 4.78 is 10.7. The van der Waals surface area contributed by atoms with Gasteiger partial charge in [-0.05, 0) is 29.7 Å². The molecule has 0 fully saturated rings. The number of hydrogen-bond acceptors (Lipinski definition) is 3. The highest BCUT2D eigenvalue weighted by atomic mass is 16.7. The standard InChI is InChI=1S/C15H15NO2/c16-13(8-11-4-2-1-3-5-11)12-6-7-14-15(9-12)18-10-17-14/h1-7,9,13H,8,10,16H2/t13-/m1/s1. The third kappa shape index (κ3) is 2.17. The Labute approximate surface area is 106 Å². The molecule has 0 spiro atoms. The minimum atomic E-state index is -0.0260. The van der Waals surface area contributed by atoms with E-state index < -0.39 is 0 Å². The Morgan fingerprint density at radius 2 is 1.78 bits per heavy atom. The van der Waals surface area contributed by atoms with E-state index in [1.165, 1.54) is 5.56 Å². The number of nitrogens with two attached hydrogens (primary N) is 1. The van der Waals surface area contributed by atoms with E-state index in [2.05, 4.69) is 12.1 Å². The minimum Gasteiger partial charge on any atom is -0.454 e. The summed E-state index contributed by atoms with van der Waals surface area (Å²) in [5.41, 5.74) is 8.54. The highest BCUT2D eigenvalue weighted by Gasteiger charge is 2.16. The molecule has 1 heterocycles. The largest absolute Gasteiger partial charge is 0.454 e. The maximum atomic E-state index is 6.22. The zero-order chi connectivity index (χ0) is 12.4.